The summed E-state index contributed by atoms with van der Waals surface area (Å²) in [5.74, 6) is 1.24. The SMILES string of the molecule is CC.CC.CC.CC(C)c1cc(C(=O)/C=C/c2ccccc2)c(O)cc1O.COc1ccc(COc2cc(C)c(C(C)C)cc2C(=O)/C=C/c2ccccc2)cc1.O=Cc1ccccc1. The Morgan fingerprint density at radius 2 is 0.985 bits per heavy atom. The van der Waals surface area contributed by atoms with Crippen molar-refractivity contribution in [2.45, 2.75) is 94.6 Å². The summed E-state index contributed by atoms with van der Waals surface area (Å²) in [7, 11) is 1.64. The van der Waals surface area contributed by atoms with Gasteiger partial charge in [0.2, 0.25) is 0 Å². The fraction of sp³-hybridized carbons (Fsp3) is 0.259. The van der Waals surface area contributed by atoms with Crippen molar-refractivity contribution in [2.75, 3.05) is 7.11 Å². The maximum absolute atomic E-state index is 13.0. The Hall–Kier alpha value is -6.99. The van der Waals surface area contributed by atoms with Crippen molar-refractivity contribution >= 4 is 30.0 Å². The zero-order valence-corrected chi connectivity index (χ0v) is 40.5. The number of phenolic OH excluding ortho intramolecular Hbond substituents is 2. The lowest BCUT2D eigenvalue weighted by atomic mass is 9.93. The van der Waals surface area contributed by atoms with Gasteiger partial charge in [-0.15, -0.1) is 0 Å². The number of hydrogen-bond donors (Lipinski definition) is 2. The van der Waals surface area contributed by atoms with Crippen molar-refractivity contribution < 1.29 is 34.1 Å². The van der Waals surface area contributed by atoms with Gasteiger partial charge in [0.25, 0.3) is 0 Å². The quantitative estimate of drug-likeness (QED) is 0.0675. The fourth-order valence-electron chi connectivity index (χ4n) is 5.95. The van der Waals surface area contributed by atoms with Crippen LogP contribution in [0.4, 0.5) is 0 Å². The lowest BCUT2D eigenvalue weighted by Gasteiger charge is -2.16. The lowest BCUT2D eigenvalue weighted by Crippen LogP contribution is -2.06. The summed E-state index contributed by atoms with van der Waals surface area (Å²) in [4.78, 5) is 35.2. The molecule has 0 radical (unpaired) electrons. The van der Waals surface area contributed by atoms with Gasteiger partial charge in [-0.05, 0) is 94.6 Å². The smallest absolute Gasteiger partial charge is 0.189 e. The van der Waals surface area contributed by atoms with Crippen molar-refractivity contribution in [3.8, 4) is 23.0 Å². The molecule has 6 rings (SSSR count). The minimum Gasteiger partial charge on any atom is -0.508 e. The number of allylic oxidation sites excluding steroid dienone is 2. The molecule has 6 aromatic carbocycles. The highest BCUT2D eigenvalue weighted by Gasteiger charge is 2.17. The second-order valence-corrected chi connectivity index (χ2v) is 14.3. The molecular formula is C58H70O7. The van der Waals surface area contributed by atoms with Crippen LogP contribution in [0.3, 0.4) is 0 Å². The van der Waals surface area contributed by atoms with Gasteiger partial charge in [0.1, 0.15) is 35.9 Å². The van der Waals surface area contributed by atoms with E-state index >= 15 is 0 Å². The minimum atomic E-state index is -0.293. The third kappa shape index (κ3) is 19.5. The number of carbonyl (C=O) groups excluding carboxylic acids is 3. The number of ketones is 2. The van der Waals surface area contributed by atoms with Gasteiger partial charge in [0.05, 0.1) is 18.2 Å². The number of ether oxygens (including phenoxy) is 2. The van der Waals surface area contributed by atoms with Crippen molar-refractivity contribution in [1.29, 1.82) is 0 Å². The van der Waals surface area contributed by atoms with E-state index in [9.17, 15) is 24.6 Å². The highest BCUT2D eigenvalue weighted by Crippen LogP contribution is 2.33. The van der Waals surface area contributed by atoms with Crippen LogP contribution in [-0.4, -0.2) is 35.2 Å². The Kier molecular flexibility index (Phi) is 27.4. The molecule has 0 bridgehead atoms. The number of benzene rings is 6. The maximum Gasteiger partial charge on any atom is 0.189 e. The van der Waals surface area contributed by atoms with Crippen LogP contribution in [0.25, 0.3) is 12.2 Å². The molecule has 65 heavy (non-hydrogen) atoms. The monoisotopic (exact) mass is 879 g/mol. The first-order valence-electron chi connectivity index (χ1n) is 22.4. The van der Waals surface area contributed by atoms with E-state index in [4.69, 9.17) is 9.47 Å². The van der Waals surface area contributed by atoms with Gasteiger partial charge in [-0.1, -0.05) is 185 Å². The number of aromatic hydroxyl groups is 2. The molecule has 0 atom stereocenters. The molecular weight excluding hydrogens is 809 g/mol. The molecule has 2 N–H and O–H groups in total. The third-order valence-corrected chi connectivity index (χ3v) is 9.23. The molecule has 0 amide bonds. The van der Waals surface area contributed by atoms with Crippen molar-refractivity contribution in [1.82, 2.24) is 0 Å². The third-order valence-electron chi connectivity index (χ3n) is 9.23. The summed E-state index contributed by atoms with van der Waals surface area (Å²) in [6.07, 6.45) is 7.41. The fourth-order valence-corrected chi connectivity index (χ4v) is 5.95. The largest absolute Gasteiger partial charge is 0.508 e. The number of rotatable bonds is 13. The van der Waals surface area contributed by atoms with E-state index in [1.54, 1.807) is 37.5 Å². The average Bonchev–Trinajstić information content (AvgIpc) is 3.35. The Labute approximate surface area is 389 Å². The number of methoxy groups -OCH3 is 1. The second-order valence-electron chi connectivity index (χ2n) is 14.3. The summed E-state index contributed by atoms with van der Waals surface area (Å²) >= 11 is 0. The first-order valence-corrected chi connectivity index (χ1v) is 22.4. The number of phenols is 2. The van der Waals surface area contributed by atoms with E-state index < -0.39 is 0 Å². The first-order chi connectivity index (χ1) is 31.4. The van der Waals surface area contributed by atoms with Crippen LogP contribution in [0.15, 0.2) is 152 Å². The number of carbonyl (C=O) groups is 3. The number of aldehydes is 1. The highest BCUT2D eigenvalue weighted by atomic mass is 16.5. The summed E-state index contributed by atoms with van der Waals surface area (Å²) in [5.41, 5.74) is 7.35. The molecule has 0 spiro atoms. The van der Waals surface area contributed by atoms with Crippen molar-refractivity contribution in [2.24, 2.45) is 0 Å². The lowest BCUT2D eigenvalue weighted by molar-refractivity contribution is 0.103. The summed E-state index contributed by atoms with van der Waals surface area (Å²) < 4.78 is 11.3. The van der Waals surface area contributed by atoms with Gasteiger partial charge in [0, 0.05) is 11.6 Å². The van der Waals surface area contributed by atoms with Gasteiger partial charge in [-0.3, -0.25) is 14.4 Å². The molecule has 0 fully saturated rings. The Morgan fingerprint density at radius 3 is 1.40 bits per heavy atom. The standard InChI is InChI=1S/C27H28O3.C18H18O3.C7H6O.3C2H6/c1-19(2)24-17-25(26(28)15-12-21-8-6-5-7-9-21)27(16-20(24)3)30-18-22-10-13-23(29-4)14-11-22;1-12(2)14-10-15(18(21)11-17(14)20)16(19)9-8-13-6-4-3-5-7-13;8-6-7-4-2-1-3-5-7;3*1-2/h5-17,19H,18H2,1-4H3;3-12,20-21H,1-2H3;1-6H;3*1-2H3/b15-12+;9-8+;;;;. The van der Waals surface area contributed by atoms with Crippen molar-refractivity contribution in [3.63, 3.8) is 0 Å². The van der Waals surface area contributed by atoms with E-state index in [1.807, 2.05) is 177 Å². The topological polar surface area (TPSA) is 110 Å². The molecule has 344 valence electrons. The molecule has 0 aromatic heterocycles. The summed E-state index contributed by atoms with van der Waals surface area (Å²) in [6, 6.07) is 42.8. The van der Waals surface area contributed by atoms with Crippen LogP contribution < -0.4 is 9.47 Å². The van der Waals surface area contributed by atoms with Crippen LogP contribution in [-0.2, 0) is 6.61 Å². The molecule has 0 aliphatic rings. The first kappa shape index (κ1) is 56.0. The van der Waals surface area contributed by atoms with Gasteiger partial charge >= 0.3 is 0 Å². The second kappa shape index (κ2) is 31.8. The molecule has 0 aliphatic heterocycles. The predicted molar refractivity (Wildman–Crippen MR) is 272 cm³/mol. The summed E-state index contributed by atoms with van der Waals surface area (Å²) in [5, 5.41) is 19.6. The summed E-state index contributed by atoms with van der Waals surface area (Å²) in [6.45, 7) is 22.5. The zero-order valence-electron chi connectivity index (χ0n) is 40.5. The van der Waals surface area contributed by atoms with Crippen LogP contribution in [0, 0.1) is 6.92 Å². The van der Waals surface area contributed by atoms with Crippen LogP contribution in [0.5, 0.6) is 23.0 Å². The van der Waals surface area contributed by atoms with Crippen LogP contribution in [0.2, 0.25) is 0 Å². The molecule has 0 saturated carbocycles. The maximum atomic E-state index is 13.0. The van der Waals surface area contributed by atoms with Gasteiger partial charge in [-0.2, -0.15) is 0 Å². The Balaban J connectivity index is 0.000000521. The highest BCUT2D eigenvalue weighted by molar-refractivity contribution is 6.09. The van der Waals surface area contributed by atoms with Crippen LogP contribution >= 0.6 is 0 Å². The normalized spacial score (nSPS) is 10.1. The van der Waals surface area contributed by atoms with Gasteiger partial charge < -0.3 is 19.7 Å². The molecule has 0 aliphatic carbocycles. The number of aryl methyl sites for hydroxylation is 1. The molecule has 0 heterocycles. The zero-order chi connectivity index (χ0) is 48.7. The predicted octanol–water partition coefficient (Wildman–Crippen LogP) is 15.3. The van der Waals surface area contributed by atoms with E-state index in [2.05, 4.69) is 20.8 Å². The van der Waals surface area contributed by atoms with E-state index in [0.717, 1.165) is 45.4 Å². The number of hydrogen-bond acceptors (Lipinski definition) is 7. The minimum absolute atomic E-state index is 0.00564. The average molecular weight is 879 g/mol. The van der Waals surface area contributed by atoms with Gasteiger partial charge in [-0.25, -0.2) is 0 Å². The van der Waals surface area contributed by atoms with Gasteiger partial charge in [0.15, 0.2) is 11.6 Å². The molecule has 6 aromatic rings. The molecule has 7 nitrogen and oxygen atoms in total. The molecule has 7 heteroatoms. The van der Waals surface area contributed by atoms with Crippen molar-refractivity contribution in [3.05, 3.63) is 202 Å². The Morgan fingerprint density at radius 1 is 0.554 bits per heavy atom. The van der Waals surface area contributed by atoms with E-state index in [1.165, 1.54) is 12.1 Å². The molecule has 0 unspecified atom stereocenters. The Bertz CT molecular complexity index is 2330. The molecule has 0 saturated heterocycles. The van der Waals surface area contributed by atoms with Crippen LogP contribution in [0.1, 0.15) is 146 Å². The van der Waals surface area contributed by atoms with E-state index in [0.29, 0.717) is 29.4 Å². The van der Waals surface area contributed by atoms with E-state index in [-0.39, 0.29) is 34.5 Å².